The molecular formula is C24H27N3O4. The lowest BCUT2D eigenvalue weighted by Gasteiger charge is -2.30. The Bertz CT molecular complexity index is 1010. The van der Waals surface area contributed by atoms with Gasteiger partial charge in [-0.15, -0.1) is 0 Å². The molecule has 1 saturated heterocycles. The number of amides is 1. The molecule has 162 valence electrons. The van der Waals surface area contributed by atoms with Crippen molar-refractivity contribution in [2.75, 3.05) is 20.2 Å². The molecule has 0 bridgehead atoms. The van der Waals surface area contributed by atoms with E-state index in [1.807, 2.05) is 60.4 Å². The summed E-state index contributed by atoms with van der Waals surface area (Å²) >= 11 is 0. The van der Waals surface area contributed by atoms with Crippen LogP contribution in [0.2, 0.25) is 0 Å². The molecule has 0 N–H and O–H groups in total. The summed E-state index contributed by atoms with van der Waals surface area (Å²) in [5, 5.41) is 4.14. The lowest BCUT2D eigenvalue weighted by Crippen LogP contribution is -2.39. The number of rotatable bonds is 7. The van der Waals surface area contributed by atoms with E-state index in [1.165, 1.54) is 5.56 Å². The zero-order chi connectivity index (χ0) is 21.6. The zero-order valence-corrected chi connectivity index (χ0v) is 17.9. The van der Waals surface area contributed by atoms with Crippen LogP contribution in [0.1, 0.15) is 41.6 Å². The molecule has 31 heavy (non-hydrogen) atoms. The Morgan fingerprint density at radius 2 is 1.90 bits per heavy atom. The third-order valence-corrected chi connectivity index (χ3v) is 5.57. The molecule has 0 unspecified atom stereocenters. The van der Waals surface area contributed by atoms with Crippen LogP contribution in [0.25, 0.3) is 0 Å². The molecule has 1 amide bonds. The van der Waals surface area contributed by atoms with Crippen LogP contribution in [0.4, 0.5) is 0 Å². The number of ether oxygens (including phenoxy) is 2. The molecule has 7 nitrogen and oxygen atoms in total. The Kier molecular flexibility index (Phi) is 6.50. The Morgan fingerprint density at radius 3 is 2.65 bits per heavy atom. The molecule has 0 saturated carbocycles. The maximum absolute atomic E-state index is 12.7. The van der Waals surface area contributed by atoms with Crippen LogP contribution in [0.15, 0.2) is 53.1 Å². The van der Waals surface area contributed by atoms with Crippen molar-refractivity contribution in [2.45, 2.75) is 38.7 Å². The van der Waals surface area contributed by atoms with Gasteiger partial charge >= 0.3 is 0 Å². The molecule has 1 fully saturated rings. The predicted octanol–water partition coefficient (Wildman–Crippen LogP) is 3.91. The average molecular weight is 421 g/mol. The van der Waals surface area contributed by atoms with E-state index >= 15 is 0 Å². The Labute approximate surface area is 182 Å². The highest BCUT2D eigenvalue weighted by Crippen LogP contribution is 2.27. The topological polar surface area (TPSA) is 77.7 Å². The predicted molar refractivity (Wildman–Crippen MR) is 115 cm³/mol. The summed E-state index contributed by atoms with van der Waals surface area (Å²) < 4.78 is 16.3. The van der Waals surface area contributed by atoms with E-state index in [9.17, 15) is 4.79 Å². The molecule has 7 heteroatoms. The monoisotopic (exact) mass is 421 g/mol. The highest BCUT2D eigenvalue weighted by atomic mass is 16.5. The van der Waals surface area contributed by atoms with Crippen LogP contribution in [0.5, 0.6) is 11.5 Å². The van der Waals surface area contributed by atoms with Crippen molar-refractivity contribution in [3.8, 4) is 11.5 Å². The van der Waals surface area contributed by atoms with Crippen molar-refractivity contribution in [3.05, 3.63) is 71.4 Å². The summed E-state index contributed by atoms with van der Waals surface area (Å²) in [5.74, 6) is 3.02. The summed E-state index contributed by atoms with van der Waals surface area (Å²) in [4.78, 5) is 19.1. The lowest BCUT2D eigenvalue weighted by atomic mass is 9.95. The van der Waals surface area contributed by atoms with Crippen molar-refractivity contribution in [1.29, 1.82) is 0 Å². The van der Waals surface area contributed by atoms with E-state index in [0.717, 1.165) is 29.9 Å². The second kappa shape index (κ2) is 9.64. The second-order valence-electron chi connectivity index (χ2n) is 7.83. The number of aryl methyl sites for hydroxylation is 1. The number of aromatic nitrogens is 2. The maximum Gasteiger partial charge on any atom is 0.264 e. The standard InChI is InChI=1S/C24H27N3O4/c1-17-6-8-20(9-7-17)30-16-22-25-24(26-31-22)19-10-12-27(13-11-19)23(28)15-18-4-3-5-21(14-18)29-2/h3-9,14,19H,10-13,15-16H2,1-2H3. The zero-order valence-electron chi connectivity index (χ0n) is 17.9. The smallest absolute Gasteiger partial charge is 0.264 e. The van der Waals surface area contributed by atoms with Gasteiger partial charge in [-0.1, -0.05) is 35.0 Å². The summed E-state index contributed by atoms with van der Waals surface area (Å²) in [6.45, 7) is 3.66. The molecule has 2 heterocycles. The van der Waals surface area contributed by atoms with Gasteiger partial charge < -0.3 is 18.9 Å². The van der Waals surface area contributed by atoms with Gasteiger partial charge in [0.05, 0.1) is 13.5 Å². The van der Waals surface area contributed by atoms with Gasteiger partial charge in [0.25, 0.3) is 5.89 Å². The summed E-state index contributed by atoms with van der Waals surface area (Å²) in [7, 11) is 1.63. The maximum atomic E-state index is 12.7. The molecule has 1 aliphatic heterocycles. The molecule has 0 spiro atoms. The summed E-state index contributed by atoms with van der Waals surface area (Å²) in [6, 6.07) is 15.5. The highest BCUT2D eigenvalue weighted by Gasteiger charge is 2.27. The molecule has 1 aromatic heterocycles. The van der Waals surface area contributed by atoms with Gasteiger partial charge in [-0.05, 0) is 49.6 Å². The van der Waals surface area contributed by atoms with E-state index in [0.29, 0.717) is 31.2 Å². The Balaban J connectivity index is 1.26. The third-order valence-electron chi connectivity index (χ3n) is 5.57. The largest absolute Gasteiger partial charge is 0.497 e. The first-order chi connectivity index (χ1) is 15.1. The molecule has 3 aromatic rings. The van der Waals surface area contributed by atoms with E-state index in [-0.39, 0.29) is 18.4 Å². The van der Waals surface area contributed by atoms with Gasteiger partial charge in [-0.3, -0.25) is 4.79 Å². The van der Waals surface area contributed by atoms with Gasteiger partial charge in [-0.2, -0.15) is 4.98 Å². The molecule has 4 rings (SSSR count). The highest BCUT2D eigenvalue weighted by molar-refractivity contribution is 5.79. The van der Waals surface area contributed by atoms with Crippen molar-refractivity contribution in [1.82, 2.24) is 15.0 Å². The van der Waals surface area contributed by atoms with E-state index < -0.39 is 0 Å². The lowest BCUT2D eigenvalue weighted by molar-refractivity contribution is -0.131. The minimum atomic E-state index is 0.131. The number of nitrogens with zero attached hydrogens (tertiary/aromatic N) is 3. The molecule has 2 aromatic carbocycles. The Morgan fingerprint density at radius 1 is 1.13 bits per heavy atom. The van der Waals surface area contributed by atoms with Crippen LogP contribution in [-0.4, -0.2) is 41.1 Å². The van der Waals surface area contributed by atoms with Gasteiger partial charge in [-0.25, -0.2) is 0 Å². The summed E-state index contributed by atoms with van der Waals surface area (Å²) in [5.41, 5.74) is 2.14. The quantitative estimate of drug-likeness (QED) is 0.576. The van der Waals surface area contributed by atoms with Gasteiger partial charge in [0.1, 0.15) is 11.5 Å². The van der Waals surface area contributed by atoms with Crippen LogP contribution < -0.4 is 9.47 Å². The minimum absolute atomic E-state index is 0.131. The Hall–Kier alpha value is -3.35. The van der Waals surface area contributed by atoms with Crippen LogP contribution in [0, 0.1) is 6.92 Å². The van der Waals surface area contributed by atoms with Crippen molar-refractivity contribution >= 4 is 5.91 Å². The molecule has 1 aliphatic rings. The average Bonchev–Trinajstić information content (AvgIpc) is 3.28. The molecule has 0 radical (unpaired) electrons. The first-order valence-corrected chi connectivity index (χ1v) is 10.5. The number of hydrogen-bond donors (Lipinski definition) is 0. The fourth-order valence-corrected chi connectivity index (χ4v) is 3.73. The van der Waals surface area contributed by atoms with Crippen molar-refractivity contribution < 1.29 is 18.8 Å². The van der Waals surface area contributed by atoms with Crippen molar-refractivity contribution in [2.24, 2.45) is 0 Å². The first-order valence-electron chi connectivity index (χ1n) is 10.5. The van der Waals surface area contributed by atoms with E-state index in [2.05, 4.69) is 10.1 Å². The number of hydrogen-bond acceptors (Lipinski definition) is 6. The number of likely N-dealkylation sites (tertiary alicyclic amines) is 1. The van der Waals surface area contributed by atoms with E-state index in [4.69, 9.17) is 14.0 Å². The fraction of sp³-hybridized carbons (Fsp3) is 0.375. The van der Waals surface area contributed by atoms with Gasteiger partial charge in [0.15, 0.2) is 12.4 Å². The number of piperidine rings is 1. The molecule has 0 aliphatic carbocycles. The minimum Gasteiger partial charge on any atom is -0.497 e. The van der Waals surface area contributed by atoms with Gasteiger partial charge in [0, 0.05) is 19.0 Å². The number of benzene rings is 2. The molecular weight excluding hydrogens is 394 g/mol. The fourth-order valence-electron chi connectivity index (χ4n) is 3.73. The van der Waals surface area contributed by atoms with Crippen LogP contribution in [0.3, 0.4) is 0 Å². The van der Waals surface area contributed by atoms with Gasteiger partial charge in [0.2, 0.25) is 5.91 Å². The van der Waals surface area contributed by atoms with E-state index in [1.54, 1.807) is 7.11 Å². The third kappa shape index (κ3) is 5.42. The first kappa shape index (κ1) is 20.9. The number of methoxy groups -OCH3 is 1. The van der Waals surface area contributed by atoms with Crippen molar-refractivity contribution in [3.63, 3.8) is 0 Å². The van der Waals surface area contributed by atoms with Crippen LogP contribution in [-0.2, 0) is 17.8 Å². The summed E-state index contributed by atoms with van der Waals surface area (Å²) in [6.07, 6.45) is 2.02. The molecule has 0 atom stereocenters. The number of carbonyl (C=O) groups excluding carboxylic acids is 1. The SMILES string of the molecule is COc1cccc(CC(=O)N2CCC(c3noc(COc4ccc(C)cc4)n3)CC2)c1. The normalized spacial score (nSPS) is 14.5. The number of carbonyl (C=O) groups is 1. The second-order valence-corrected chi connectivity index (χ2v) is 7.83. The van der Waals surface area contributed by atoms with Crippen LogP contribution >= 0.6 is 0 Å².